The Bertz CT molecular complexity index is 215. The van der Waals surface area contributed by atoms with Gasteiger partial charge in [0, 0.05) is 12.5 Å². The molecule has 68 valence electrons. The topological polar surface area (TPSA) is 74.6 Å². The minimum Gasteiger partial charge on any atom is -0.502 e. The molecule has 0 fully saturated rings. The molecule has 4 nitrogen and oxygen atoms in total. The Morgan fingerprint density at radius 1 is 1.33 bits per heavy atom. The molecule has 0 aromatic carbocycles. The molecule has 0 aliphatic carbocycles. The van der Waals surface area contributed by atoms with E-state index < -0.39 is 11.7 Å². The van der Waals surface area contributed by atoms with Crippen molar-refractivity contribution in [1.82, 2.24) is 0 Å². The van der Waals surface area contributed by atoms with Crippen LogP contribution in [0.5, 0.6) is 0 Å². The van der Waals surface area contributed by atoms with E-state index in [1.54, 1.807) is 0 Å². The second-order valence-corrected chi connectivity index (χ2v) is 2.90. The molecule has 4 heteroatoms. The normalized spacial score (nSPS) is 11.8. The summed E-state index contributed by atoms with van der Waals surface area (Å²) in [5.74, 6) is -2.59. The molecule has 0 amide bonds. The molecule has 0 aromatic heterocycles. The molecule has 0 unspecified atom stereocenters. The highest BCUT2D eigenvalue weighted by Crippen LogP contribution is 2.02. The van der Waals surface area contributed by atoms with Crippen LogP contribution in [0, 0.1) is 5.92 Å². The van der Waals surface area contributed by atoms with Crippen LogP contribution in [0.1, 0.15) is 20.3 Å². The first-order chi connectivity index (χ1) is 5.43. The Hall–Kier alpha value is -1.32. The molecular formula is C8H12O4. The van der Waals surface area contributed by atoms with E-state index in [1.165, 1.54) is 0 Å². The second kappa shape index (κ2) is 4.54. The van der Waals surface area contributed by atoms with Gasteiger partial charge in [-0.15, -0.1) is 0 Å². The predicted octanol–water partition coefficient (Wildman–Crippen LogP) is 1.13. The Morgan fingerprint density at radius 2 is 1.83 bits per heavy atom. The van der Waals surface area contributed by atoms with E-state index in [4.69, 9.17) is 10.2 Å². The van der Waals surface area contributed by atoms with Crippen LogP contribution < -0.4 is 0 Å². The zero-order valence-electron chi connectivity index (χ0n) is 7.07. The van der Waals surface area contributed by atoms with Gasteiger partial charge in [0.1, 0.15) is 0 Å². The molecule has 2 N–H and O–H groups in total. The van der Waals surface area contributed by atoms with Crippen LogP contribution in [-0.2, 0) is 9.59 Å². The van der Waals surface area contributed by atoms with E-state index in [1.807, 2.05) is 13.8 Å². The van der Waals surface area contributed by atoms with Crippen molar-refractivity contribution < 1.29 is 19.8 Å². The molecule has 0 saturated carbocycles. The molecule has 0 saturated heterocycles. The van der Waals surface area contributed by atoms with Crippen molar-refractivity contribution in [2.75, 3.05) is 0 Å². The number of carboxylic acid groups (broad SMARTS) is 1. The maximum absolute atomic E-state index is 10.9. The van der Waals surface area contributed by atoms with Crippen molar-refractivity contribution in [3.05, 3.63) is 11.8 Å². The van der Waals surface area contributed by atoms with E-state index in [0.29, 0.717) is 0 Å². The minimum absolute atomic E-state index is 0.162. The van der Waals surface area contributed by atoms with Crippen LogP contribution in [0.4, 0.5) is 0 Å². The third kappa shape index (κ3) is 4.49. The highest BCUT2D eigenvalue weighted by atomic mass is 16.4. The van der Waals surface area contributed by atoms with Crippen molar-refractivity contribution in [2.24, 2.45) is 5.92 Å². The summed E-state index contributed by atoms with van der Waals surface area (Å²) >= 11 is 0. The summed E-state index contributed by atoms with van der Waals surface area (Å²) in [6, 6.07) is 0. The number of hydrogen-bond acceptors (Lipinski definition) is 3. The van der Waals surface area contributed by atoms with Crippen molar-refractivity contribution >= 4 is 11.8 Å². The Labute approximate surface area is 70.5 Å². The molecule has 12 heavy (non-hydrogen) atoms. The van der Waals surface area contributed by atoms with Crippen molar-refractivity contribution in [3.8, 4) is 0 Å². The van der Waals surface area contributed by atoms with E-state index in [-0.39, 0.29) is 18.1 Å². The number of carbonyl (C=O) groups excluding carboxylic acids is 1. The summed E-state index contributed by atoms with van der Waals surface area (Å²) in [5, 5.41) is 16.8. The molecular weight excluding hydrogens is 160 g/mol. The maximum atomic E-state index is 10.9. The monoisotopic (exact) mass is 172 g/mol. The molecule has 0 bridgehead atoms. The fourth-order valence-corrected chi connectivity index (χ4v) is 0.676. The molecule has 0 heterocycles. The van der Waals surface area contributed by atoms with E-state index >= 15 is 0 Å². The SMILES string of the molecule is CC(C)CC(=O)/C=C(/O)C(=O)O. The summed E-state index contributed by atoms with van der Waals surface area (Å²) in [5.41, 5.74) is 0. The number of ketones is 1. The predicted molar refractivity (Wildman–Crippen MR) is 42.8 cm³/mol. The van der Waals surface area contributed by atoms with Gasteiger partial charge >= 0.3 is 5.97 Å². The van der Waals surface area contributed by atoms with Gasteiger partial charge < -0.3 is 10.2 Å². The van der Waals surface area contributed by atoms with Gasteiger partial charge in [0.2, 0.25) is 5.76 Å². The van der Waals surface area contributed by atoms with E-state index in [0.717, 1.165) is 6.08 Å². The Kier molecular flexibility index (Phi) is 4.04. The van der Waals surface area contributed by atoms with Gasteiger partial charge in [-0.05, 0) is 5.92 Å². The quantitative estimate of drug-likeness (QED) is 0.492. The number of carbonyl (C=O) groups is 2. The molecule has 0 aromatic rings. The fourth-order valence-electron chi connectivity index (χ4n) is 0.676. The van der Waals surface area contributed by atoms with Gasteiger partial charge in [-0.25, -0.2) is 4.79 Å². The van der Waals surface area contributed by atoms with Gasteiger partial charge in [0.25, 0.3) is 0 Å². The third-order valence-electron chi connectivity index (χ3n) is 1.13. The lowest BCUT2D eigenvalue weighted by Crippen LogP contribution is -2.05. The van der Waals surface area contributed by atoms with Gasteiger partial charge in [-0.3, -0.25) is 4.79 Å². The number of rotatable bonds is 4. The zero-order chi connectivity index (χ0) is 9.72. The summed E-state index contributed by atoms with van der Waals surface area (Å²) in [6.07, 6.45) is 0.986. The van der Waals surface area contributed by atoms with E-state index in [9.17, 15) is 9.59 Å². The van der Waals surface area contributed by atoms with Gasteiger partial charge in [-0.1, -0.05) is 13.8 Å². The summed E-state index contributed by atoms with van der Waals surface area (Å²) in [7, 11) is 0. The molecule has 0 radical (unpaired) electrons. The number of carboxylic acids is 1. The molecule has 0 aliphatic rings. The van der Waals surface area contributed by atoms with Crippen LogP contribution in [0.15, 0.2) is 11.8 Å². The average molecular weight is 172 g/mol. The molecule has 0 rings (SSSR count). The summed E-state index contributed by atoms with van der Waals surface area (Å²) in [4.78, 5) is 20.9. The molecule has 0 aliphatic heterocycles. The lowest BCUT2D eigenvalue weighted by Gasteiger charge is -1.98. The number of aliphatic carboxylic acids is 1. The van der Waals surface area contributed by atoms with Gasteiger partial charge in [0.05, 0.1) is 0 Å². The molecule has 0 atom stereocenters. The number of hydrogen-bond donors (Lipinski definition) is 2. The average Bonchev–Trinajstić information content (AvgIpc) is 1.84. The van der Waals surface area contributed by atoms with E-state index in [2.05, 4.69) is 0 Å². The van der Waals surface area contributed by atoms with Crippen LogP contribution >= 0.6 is 0 Å². The second-order valence-electron chi connectivity index (χ2n) is 2.90. The summed E-state index contributed by atoms with van der Waals surface area (Å²) < 4.78 is 0. The van der Waals surface area contributed by atoms with Crippen LogP contribution in [-0.4, -0.2) is 22.0 Å². The third-order valence-corrected chi connectivity index (χ3v) is 1.13. The smallest absolute Gasteiger partial charge is 0.371 e. The van der Waals surface area contributed by atoms with Crippen LogP contribution in [0.25, 0.3) is 0 Å². The number of allylic oxidation sites excluding steroid dienone is 1. The lowest BCUT2D eigenvalue weighted by molar-refractivity contribution is -0.136. The first-order valence-electron chi connectivity index (χ1n) is 3.60. The highest BCUT2D eigenvalue weighted by molar-refractivity contribution is 5.97. The Morgan fingerprint density at radius 3 is 2.17 bits per heavy atom. The standard InChI is InChI=1S/C8H12O4/c1-5(2)3-6(9)4-7(10)8(11)12/h4-5,10H,3H2,1-2H3,(H,11,12)/b7-4+. The first-order valence-corrected chi connectivity index (χ1v) is 3.60. The minimum atomic E-state index is -1.48. The van der Waals surface area contributed by atoms with Crippen LogP contribution in [0.2, 0.25) is 0 Å². The largest absolute Gasteiger partial charge is 0.502 e. The Balaban J connectivity index is 4.15. The first kappa shape index (κ1) is 10.7. The van der Waals surface area contributed by atoms with Crippen molar-refractivity contribution in [2.45, 2.75) is 20.3 Å². The highest BCUT2D eigenvalue weighted by Gasteiger charge is 2.08. The molecule has 0 spiro atoms. The van der Waals surface area contributed by atoms with Gasteiger partial charge in [-0.2, -0.15) is 0 Å². The zero-order valence-corrected chi connectivity index (χ0v) is 7.07. The van der Waals surface area contributed by atoms with Crippen molar-refractivity contribution in [1.29, 1.82) is 0 Å². The maximum Gasteiger partial charge on any atom is 0.371 e. The van der Waals surface area contributed by atoms with Crippen molar-refractivity contribution in [3.63, 3.8) is 0 Å². The van der Waals surface area contributed by atoms with Crippen LogP contribution in [0.3, 0.4) is 0 Å². The number of aliphatic hydroxyl groups is 1. The van der Waals surface area contributed by atoms with Gasteiger partial charge in [0.15, 0.2) is 5.78 Å². The lowest BCUT2D eigenvalue weighted by atomic mass is 10.1. The fraction of sp³-hybridized carbons (Fsp3) is 0.500. The summed E-state index contributed by atoms with van der Waals surface area (Å²) in [6.45, 7) is 3.67. The number of aliphatic hydroxyl groups excluding tert-OH is 1.